The van der Waals surface area contributed by atoms with E-state index in [4.69, 9.17) is 14.2 Å². The average Bonchev–Trinajstić information content (AvgIpc) is 3.19. The van der Waals surface area contributed by atoms with Crippen molar-refractivity contribution in [1.82, 2.24) is 10.1 Å². The number of para-hydroxylation sites is 1. The molecule has 5 rings (SSSR count). The molecule has 0 aliphatic heterocycles. The van der Waals surface area contributed by atoms with Crippen molar-refractivity contribution in [3.63, 3.8) is 0 Å². The van der Waals surface area contributed by atoms with Crippen LogP contribution in [0.15, 0.2) is 89.5 Å². The molecule has 2 aromatic heterocycles. The molecule has 0 saturated carbocycles. The van der Waals surface area contributed by atoms with Crippen LogP contribution in [-0.4, -0.2) is 16.1 Å². The minimum Gasteiger partial charge on any atom is -0.457 e. The lowest BCUT2D eigenvalue weighted by Crippen LogP contribution is -2.08. The highest BCUT2D eigenvalue weighted by molar-refractivity contribution is 6.04. The standard InChI is InChI=1S/C28H22N2O3/c1-18-25(19(2)33-30-18)17-32-28(31)24-16-27(29-26-11-7-6-10-23(24)26)22-14-12-21(13-15-22)20-8-4-3-5-9-20/h3-16H,17H2,1-2H3. The molecule has 162 valence electrons. The Morgan fingerprint density at radius 3 is 2.24 bits per heavy atom. The molecule has 0 fully saturated rings. The largest absolute Gasteiger partial charge is 0.457 e. The maximum atomic E-state index is 13.1. The number of fused-ring (bicyclic) bond motifs is 1. The molecular weight excluding hydrogens is 412 g/mol. The van der Waals surface area contributed by atoms with E-state index in [-0.39, 0.29) is 6.61 Å². The zero-order valence-corrected chi connectivity index (χ0v) is 18.4. The van der Waals surface area contributed by atoms with Crippen molar-refractivity contribution in [2.45, 2.75) is 20.5 Å². The quantitative estimate of drug-likeness (QED) is 0.294. The second-order valence-corrected chi connectivity index (χ2v) is 7.89. The molecule has 0 atom stereocenters. The van der Waals surface area contributed by atoms with E-state index < -0.39 is 5.97 Å². The van der Waals surface area contributed by atoms with Gasteiger partial charge in [0.1, 0.15) is 12.4 Å². The van der Waals surface area contributed by atoms with E-state index in [9.17, 15) is 4.79 Å². The highest BCUT2D eigenvalue weighted by atomic mass is 16.5. The number of aryl methyl sites for hydroxylation is 2. The van der Waals surface area contributed by atoms with Gasteiger partial charge in [-0.3, -0.25) is 0 Å². The van der Waals surface area contributed by atoms with Crippen molar-refractivity contribution in [2.24, 2.45) is 0 Å². The number of esters is 1. The molecule has 0 aliphatic carbocycles. The number of ether oxygens (including phenoxy) is 1. The first kappa shape index (κ1) is 20.6. The highest BCUT2D eigenvalue weighted by Gasteiger charge is 2.17. The predicted molar refractivity (Wildman–Crippen MR) is 128 cm³/mol. The molecule has 0 N–H and O–H groups in total. The van der Waals surface area contributed by atoms with Crippen LogP contribution in [0.2, 0.25) is 0 Å². The third-order valence-electron chi connectivity index (χ3n) is 5.75. The summed E-state index contributed by atoms with van der Waals surface area (Å²) in [6.07, 6.45) is 0. The Kier molecular flexibility index (Phi) is 5.45. The molecule has 0 saturated heterocycles. The van der Waals surface area contributed by atoms with Gasteiger partial charge in [0.25, 0.3) is 0 Å². The first-order valence-corrected chi connectivity index (χ1v) is 10.7. The zero-order chi connectivity index (χ0) is 22.8. The van der Waals surface area contributed by atoms with Gasteiger partial charge in [-0.25, -0.2) is 9.78 Å². The number of rotatable bonds is 5. The molecule has 0 radical (unpaired) electrons. The fourth-order valence-corrected chi connectivity index (χ4v) is 3.88. The van der Waals surface area contributed by atoms with Gasteiger partial charge in [0, 0.05) is 10.9 Å². The van der Waals surface area contributed by atoms with E-state index in [1.54, 1.807) is 6.07 Å². The van der Waals surface area contributed by atoms with Crippen LogP contribution >= 0.6 is 0 Å². The Hall–Kier alpha value is -4.25. The van der Waals surface area contributed by atoms with Gasteiger partial charge in [-0.2, -0.15) is 0 Å². The van der Waals surface area contributed by atoms with Gasteiger partial charge in [-0.05, 0) is 37.1 Å². The van der Waals surface area contributed by atoms with Crippen LogP contribution in [0.4, 0.5) is 0 Å². The minimum absolute atomic E-state index is 0.109. The number of hydrogen-bond donors (Lipinski definition) is 0. The summed E-state index contributed by atoms with van der Waals surface area (Å²) in [5.41, 5.74) is 6.66. The number of benzene rings is 3. The smallest absolute Gasteiger partial charge is 0.339 e. The molecule has 5 heteroatoms. The predicted octanol–water partition coefficient (Wildman–Crippen LogP) is 6.53. The Bertz CT molecular complexity index is 1420. The molecular formula is C28H22N2O3. The topological polar surface area (TPSA) is 65.2 Å². The summed E-state index contributed by atoms with van der Waals surface area (Å²) in [5.74, 6) is 0.245. The molecule has 3 aromatic carbocycles. The van der Waals surface area contributed by atoms with Gasteiger partial charge in [0.15, 0.2) is 0 Å². The Morgan fingerprint density at radius 1 is 0.848 bits per heavy atom. The van der Waals surface area contributed by atoms with E-state index in [1.165, 1.54) is 0 Å². The molecule has 5 aromatic rings. The lowest BCUT2D eigenvalue weighted by atomic mass is 10.0. The third-order valence-corrected chi connectivity index (χ3v) is 5.75. The summed E-state index contributed by atoms with van der Waals surface area (Å²) in [4.78, 5) is 17.9. The fourth-order valence-electron chi connectivity index (χ4n) is 3.88. The van der Waals surface area contributed by atoms with Crippen LogP contribution in [0, 0.1) is 13.8 Å². The van der Waals surface area contributed by atoms with E-state index >= 15 is 0 Å². The van der Waals surface area contributed by atoms with Gasteiger partial charge in [-0.1, -0.05) is 78.0 Å². The number of pyridine rings is 1. The van der Waals surface area contributed by atoms with E-state index in [2.05, 4.69) is 29.4 Å². The van der Waals surface area contributed by atoms with Gasteiger partial charge in [0.2, 0.25) is 0 Å². The average molecular weight is 434 g/mol. The summed E-state index contributed by atoms with van der Waals surface area (Å²) in [6.45, 7) is 3.75. The molecule has 5 nitrogen and oxygen atoms in total. The van der Waals surface area contributed by atoms with E-state index in [0.29, 0.717) is 11.3 Å². The molecule has 0 aliphatic rings. The van der Waals surface area contributed by atoms with Crippen LogP contribution in [0.3, 0.4) is 0 Å². The highest BCUT2D eigenvalue weighted by Crippen LogP contribution is 2.28. The summed E-state index contributed by atoms with van der Waals surface area (Å²) >= 11 is 0. The number of aromatic nitrogens is 2. The fraction of sp³-hybridized carbons (Fsp3) is 0.107. The summed E-state index contributed by atoms with van der Waals surface area (Å²) in [5, 5.41) is 4.68. The van der Waals surface area contributed by atoms with Crippen molar-refractivity contribution in [3.05, 3.63) is 108 Å². The maximum absolute atomic E-state index is 13.1. The van der Waals surface area contributed by atoms with Gasteiger partial charge >= 0.3 is 5.97 Å². The van der Waals surface area contributed by atoms with Gasteiger partial charge in [0.05, 0.1) is 28.0 Å². The summed E-state index contributed by atoms with van der Waals surface area (Å²) in [7, 11) is 0. The minimum atomic E-state index is -0.407. The lowest BCUT2D eigenvalue weighted by Gasteiger charge is -2.11. The normalized spacial score (nSPS) is 11.0. The van der Waals surface area contributed by atoms with Crippen LogP contribution in [0.5, 0.6) is 0 Å². The Balaban J connectivity index is 1.49. The van der Waals surface area contributed by atoms with Crippen LogP contribution < -0.4 is 0 Å². The van der Waals surface area contributed by atoms with Crippen LogP contribution in [0.25, 0.3) is 33.3 Å². The summed E-state index contributed by atoms with van der Waals surface area (Å²) in [6, 6.07) is 27.8. The van der Waals surface area contributed by atoms with Crippen molar-refractivity contribution in [2.75, 3.05) is 0 Å². The molecule has 0 spiro atoms. The zero-order valence-electron chi connectivity index (χ0n) is 18.4. The first-order valence-electron chi connectivity index (χ1n) is 10.7. The van der Waals surface area contributed by atoms with E-state index in [0.717, 1.165) is 44.5 Å². The number of carbonyl (C=O) groups is 1. The third kappa shape index (κ3) is 4.13. The molecule has 2 heterocycles. The number of nitrogens with zero attached hydrogens (tertiary/aromatic N) is 2. The lowest BCUT2D eigenvalue weighted by molar-refractivity contribution is 0.0473. The SMILES string of the molecule is Cc1noc(C)c1COC(=O)c1cc(-c2ccc(-c3ccccc3)cc2)nc2ccccc12. The monoisotopic (exact) mass is 434 g/mol. The van der Waals surface area contributed by atoms with Gasteiger partial charge < -0.3 is 9.26 Å². The molecule has 0 unspecified atom stereocenters. The van der Waals surface area contributed by atoms with Crippen molar-refractivity contribution >= 4 is 16.9 Å². The number of hydrogen-bond acceptors (Lipinski definition) is 5. The van der Waals surface area contributed by atoms with E-state index in [1.807, 2.05) is 68.4 Å². The first-order chi connectivity index (χ1) is 16.1. The Morgan fingerprint density at radius 2 is 1.52 bits per heavy atom. The van der Waals surface area contributed by atoms with Crippen molar-refractivity contribution < 1.29 is 14.1 Å². The molecule has 33 heavy (non-hydrogen) atoms. The van der Waals surface area contributed by atoms with Gasteiger partial charge in [-0.15, -0.1) is 0 Å². The van der Waals surface area contributed by atoms with Crippen molar-refractivity contribution in [3.8, 4) is 22.4 Å². The molecule has 0 bridgehead atoms. The van der Waals surface area contributed by atoms with Crippen LogP contribution in [0.1, 0.15) is 27.4 Å². The second-order valence-electron chi connectivity index (χ2n) is 7.89. The molecule has 0 amide bonds. The maximum Gasteiger partial charge on any atom is 0.339 e. The number of carbonyl (C=O) groups excluding carboxylic acids is 1. The summed E-state index contributed by atoms with van der Waals surface area (Å²) < 4.78 is 10.8. The Labute approximate surface area is 191 Å². The van der Waals surface area contributed by atoms with Crippen LogP contribution in [-0.2, 0) is 11.3 Å². The van der Waals surface area contributed by atoms with Crippen molar-refractivity contribution in [1.29, 1.82) is 0 Å². The second kappa shape index (κ2) is 8.71.